The molecule has 4 aliphatic carbocycles. The number of primary amides is 1. The molecule has 0 bridgehead atoms. The summed E-state index contributed by atoms with van der Waals surface area (Å²) < 4.78 is 0. The third-order valence-electron chi connectivity index (χ3n) is 11.3. The average molecular weight is 615 g/mol. The number of nitrogens with two attached hydrogens (primary N) is 1. The summed E-state index contributed by atoms with van der Waals surface area (Å²) >= 11 is 6.97. The zero-order chi connectivity index (χ0) is 31.8. The van der Waals surface area contributed by atoms with E-state index in [0.717, 1.165) is 19.5 Å². The van der Waals surface area contributed by atoms with Crippen molar-refractivity contribution in [2.45, 2.75) is 78.9 Å². The van der Waals surface area contributed by atoms with E-state index in [2.05, 4.69) is 39.5 Å². The number of carbonyl (C=O) groups is 3. The van der Waals surface area contributed by atoms with Crippen molar-refractivity contribution in [1.82, 2.24) is 4.90 Å². The predicted octanol–water partition coefficient (Wildman–Crippen LogP) is 4.61. The predicted molar refractivity (Wildman–Crippen MR) is 162 cm³/mol. The first-order valence-electron chi connectivity index (χ1n) is 15.3. The Hall–Kier alpha value is -2.88. The normalized spacial score (nSPS) is 30.5. The molecule has 0 aliphatic heterocycles. The Balaban J connectivity index is 1.48. The molecule has 3 unspecified atom stereocenters. The number of aromatic hydroxyl groups is 1. The number of halogens is 1. The first kappa shape index (κ1) is 31.5. The van der Waals surface area contributed by atoms with Gasteiger partial charge < -0.3 is 26.2 Å². The van der Waals surface area contributed by atoms with Gasteiger partial charge in [0, 0.05) is 36.0 Å². The molecule has 10 heteroatoms. The van der Waals surface area contributed by atoms with E-state index in [1.165, 1.54) is 12.5 Å². The lowest BCUT2D eigenvalue weighted by atomic mass is 9.51. The van der Waals surface area contributed by atoms with Gasteiger partial charge >= 0.3 is 0 Å². The first-order valence-corrected chi connectivity index (χ1v) is 15.7. The summed E-state index contributed by atoms with van der Waals surface area (Å²) in [5, 5.41) is 45.0. The van der Waals surface area contributed by atoms with Gasteiger partial charge in [-0.25, -0.2) is 0 Å². The minimum Gasteiger partial charge on any atom is -0.508 e. The number of aliphatic hydroxyl groups excluding tert-OH is 2. The van der Waals surface area contributed by atoms with E-state index in [1.54, 1.807) is 0 Å². The van der Waals surface area contributed by atoms with Gasteiger partial charge in [-0.15, -0.1) is 0 Å². The number of carbonyl (C=O) groups excluding carboxylic acids is 3. The van der Waals surface area contributed by atoms with E-state index in [-0.39, 0.29) is 36.1 Å². The van der Waals surface area contributed by atoms with Crippen molar-refractivity contribution in [1.29, 1.82) is 0 Å². The van der Waals surface area contributed by atoms with Crippen molar-refractivity contribution in [3.05, 3.63) is 44.7 Å². The molecular formula is C33H43ClN2O7. The molecule has 43 heavy (non-hydrogen) atoms. The average Bonchev–Trinajstić information content (AvgIpc) is 2.94. The van der Waals surface area contributed by atoms with Crippen LogP contribution in [0.15, 0.2) is 23.0 Å². The highest BCUT2D eigenvalue weighted by Gasteiger charge is 2.60. The Morgan fingerprint density at radius 1 is 1.16 bits per heavy atom. The molecule has 0 heterocycles. The van der Waals surface area contributed by atoms with Crippen molar-refractivity contribution in [3.63, 3.8) is 0 Å². The van der Waals surface area contributed by atoms with Crippen LogP contribution in [0.5, 0.6) is 5.75 Å². The summed E-state index contributed by atoms with van der Waals surface area (Å²) in [6.07, 6.45) is 2.18. The monoisotopic (exact) mass is 614 g/mol. The maximum atomic E-state index is 13.7. The van der Waals surface area contributed by atoms with E-state index >= 15 is 0 Å². The lowest BCUT2D eigenvalue weighted by molar-refractivity contribution is -0.147. The Bertz CT molecular complexity index is 1460. The molecule has 0 spiro atoms. The third-order valence-corrected chi connectivity index (χ3v) is 11.8. The van der Waals surface area contributed by atoms with Crippen LogP contribution in [0.3, 0.4) is 0 Å². The van der Waals surface area contributed by atoms with Crippen LogP contribution in [0.1, 0.15) is 77.0 Å². The molecule has 1 aromatic carbocycles. The maximum absolute atomic E-state index is 13.7. The number of rotatable bonds is 8. The number of amides is 1. The fourth-order valence-electron chi connectivity index (χ4n) is 8.25. The summed E-state index contributed by atoms with van der Waals surface area (Å²) in [6.45, 7) is 13.5. The van der Waals surface area contributed by atoms with Crippen molar-refractivity contribution < 1.29 is 34.8 Å². The topological polar surface area (TPSA) is 161 Å². The van der Waals surface area contributed by atoms with Crippen LogP contribution < -0.4 is 5.73 Å². The summed E-state index contributed by atoms with van der Waals surface area (Å²) in [4.78, 5) is 40.5. The lowest BCUT2D eigenvalue weighted by Gasteiger charge is -2.55. The van der Waals surface area contributed by atoms with E-state index in [1.807, 2.05) is 0 Å². The van der Waals surface area contributed by atoms with E-state index < -0.39 is 52.0 Å². The smallest absolute Gasteiger partial charge is 0.255 e. The quantitative estimate of drug-likeness (QED) is 0.265. The molecule has 0 saturated heterocycles. The fourth-order valence-corrected chi connectivity index (χ4v) is 8.54. The molecule has 234 valence electrons. The molecule has 9 nitrogen and oxygen atoms in total. The largest absolute Gasteiger partial charge is 0.508 e. The second-order valence-electron chi connectivity index (χ2n) is 13.7. The molecule has 6 N–H and O–H groups in total. The van der Waals surface area contributed by atoms with Gasteiger partial charge in [-0.3, -0.25) is 19.3 Å². The van der Waals surface area contributed by atoms with Crippen LogP contribution in [0, 0.1) is 35.0 Å². The van der Waals surface area contributed by atoms with Crippen LogP contribution in [-0.4, -0.2) is 61.5 Å². The molecule has 5 rings (SSSR count). The minimum absolute atomic E-state index is 0.0144. The van der Waals surface area contributed by atoms with Gasteiger partial charge in [0.05, 0.1) is 5.56 Å². The highest BCUT2D eigenvalue weighted by Crippen LogP contribution is 2.56. The number of fused-ring (bicyclic) bond motifs is 3. The number of phenols is 1. The van der Waals surface area contributed by atoms with Crippen molar-refractivity contribution >= 4 is 34.8 Å². The summed E-state index contributed by atoms with van der Waals surface area (Å²) in [6, 6.07) is 1.52. The van der Waals surface area contributed by atoms with Crippen LogP contribution in [-0.2, 0) is 27.3 Å². The molecule has 0 radical (unpaired) electrons. The van der Waals surface area contributed by atoms with Gasteiger partial charge in [-0.05, 0) is 72.1 Å². The number of Topliss-reactive ketones (excluding diaryl/α,β-unsaturated/α-hetero) is 2. The Labute approximate surface area is 257 Å². The summed E-state index contributed by atoms with van der Waals surface area (Å²) in [7, 11) is 0. The van der Waals surface area contributed by atoms with Crippen molar-refractivity contribution in [2.75, 3.05) is 13.1 Å². The maximum Gasteiger partial charge on any atom is 0.255 e. The Kier molecular flexibility index (Phi) is 8.02. The summed E-state index contributed by atoms with van der Waals surface area (Å²) in [5.74, 6) is -4.65. The molecule has 2 fully saturated rings. The number of hydrogen-bond acceptors (Lipinski definition) is 8. The number of benzene rings is 1. The highest BCUT2D eigenvalue weighted by molar-refractivity contribution is 6.32. The molecule has 1 aromatic rings. The SMILES string of the molecule is CC[C@H](CN(CC)Cc1cc(O)c2c(c1Cl)CC1C[C@H]3CC(=O)C(C(N)=O)=C(O)[C@@]3(O)C(=O)C1=C2O)C1CC(C)C1(C)C. The number of phenolic OH excluding ortho intramolecular Hbond substituents is 1. The van der Waals surface area contributed by atoms with Crippen LogP contribution in [0.2, 0.25) is 5.02 Å². The molecular weight excluding hydrogens is 572 g/mol. The van der Waals surface area contributed by atoms with Crippen LogP contribution in [0.4, 0.5) is 0 Å². The van der Waals surface area contributed by atoms with Gasteiger partial charge in [0.2, 0.25) is 5.78 Å². The Morgan fingerprint density at radius 3 is 2.40 bits per heavy atom. The second kappa shape index (κ2) is 10.9. The van der Waals surface area contributed by atoms with Gasteiger partial charge in [0.25, 0.3) is 5.91 Å². The van der Waals surface area contributed by atoms with E-state index in [4.69, 9.17) is 17.3 Å². The van der Waals surface area contributed by atoms with Crippen LogP contribution in [0.25, 0.3) is 5.76 Å². The van der Waals surface area contributed by atoms with Crippen molar-refractivity contribution in [2.24, 2.45) is 40.7 Å². The van der Waals surface area contributed by atoms with E-state index in [0.29, 0.717) is 45.9 Å². The van der Waals surface area contributed by atoms with Gasteiger partial charge in [-0.1, -0.05) is 52.6 Å². The highest BCUT2D eigenvalue weighted by atomic mass is 35.5. The number of aliphatic hydroxyl groups is 3. The van der Waals surface area contributed by atoms with Gasteiger partial charge in [0.1, 0.15) is 22.8 Å². The van der Waals surface area contributed by atoms with Crippen LogP contribution >= 0.6 is 11.6 Å². The number of ketones is 2. The zero-order valence-electron chi connectivity index (χ0n) is 25.5. The minimum atomic E-state index is -2.58. The summed E-state index contributed by atoms with van der Waals surface area (Å²) in [5.41, 5.74) is 3.21. The van der Waals surface area contributed by atoms with Gasteiger partial charge in [-0.2, -0.15) is 0 Å². The second-order valence-corrected chi connectivity index (χ2v) is 14.1. The zero-order valence-corrected chi connectivity index (χ0v) is 26.3. The molecule has 0 aromatic heterocycles. The third kappa shape index (κ3) is 4.70. The Morgan fingerprint density at radius 2 is 1.84 bits per heavy atom. The van der Waals surface area contributed by atoms with Crippen molar-refractivity contribution in [3.8, 4) is 5.75 Å². The lowest BCUT2D eigenvalue weighted by Crippen LogP contribution is -2.58. The molecule has 6 atom stereocenters. The standard InChI is InChI=1S/C33H43ClN2O7/c1-6-16(21-8-15(3)32(21,4)5)13-36(7-2)14-18-11-22(37)25-20(27(18)34)10-17-9-19-12-23(38)26(31(35)42)30(41)33(19,43)29(40)24(17)28(25)39/h11,15-17,19,21,37,39,41,43H,6-10,12-14H2,1-5H3,(H2,35,42)/t15?,16-,17?,19+,21?,33+/m1/s1. The number of hydrogen-bond donors (Lipinski definition) is 5. The van der Waals surface area contributed by atoms with Gasteiger partial charge in [0.15, 0.2) is 11.4 Å². The molecule has 1 amide bonds. The fraction of sp³-hybridized carbons (Fsp3) is 0.606. The van der Waals surface area contributed by atoms with E-state index in [9.17, 15) is 34.8 Å². The first-order chi connectivity index (χ1) is 20.1. The molecule has 4 aliphatic rings. The number of nitrogens with zero attached hydrogens (tertiary/aromatic N) is 1. The molecule has 2 saturated carbocycles.